The number of nitrogens with zero attached hydrogens (tertiary/aromatic N) is 5. The van der Waals surface area contributed by atoms with Crippen molar-refractivity contribution in [2.45, 2.75) is 45.6 Å². The first-order valence-corrected chi connectivity index (χ1v) is 8.72. The summed E-state index contributed by atoms with van der Waals surface area (Å²) < 4.78 is 7.09. The predicted octanol–water partition coefficient (Wildman–Crippen LogP) is 2.96. The van der Waals surface area contributed by atoms with Gasteiger partial charge in [0.05, 0.1) is 23.8 Å². The standard InChI is InChI=1S/C18H21N5O2/c1-3-22(11-15-20-17(25-21-15)13-7-4-8-13)18(24)14-10-19-23-9-5-6-12(2)16(14)23/h5-6,9-10,13H,3-4,7-8,11H2,1-2H3. The Morgan fingerprint density at radius 2 is 2.28 bits per heavy atom. The fourth-order valence-electron chi connectivity index (χ4n) is 3.19. The minimum atomic E-state index is -0.0678. The van der Waals surface area contributed by atoms with Crippen LogP contribution in [-0.4, -0.2) is 37.1 Å². The number of hydrogen-bond acceptors (Lipinski definition) is 5. The summed E-state index contributed by atoms with van der Waals surface area (Å²) in [4.78, 5) is 19.2. The third-order valence-electron chi connectivity index (χ3n) is 4.91. The SMILES string of the molecule is CCN(Cc1noc(C2CCC2)n1)C(=O)c1cnn2cccc(C)c12. The van der Waals surface area contributed by atoms with Crippen LogP contribution in [0.2, 0.25) is 0 Å². The molecule has 0 N–H and O–H groups in total. The number of amides is 1. The van der Waals surface area contributed by atoms with Gasteiger partial charge in [-0.15, -0.1) is 0 Å². The molecule has 1 saturated carbocycles. The number of pyridine rings is 1. The third kappa shape index (κ3) is 2.79. The molecule has 0 spiro atoms. The van der Waals surface area contributed by atoms with E-state index < -0.39 is 0 Å². The van der Waals surface area contributed by atoms with Crippen LogP contribution in [0.25, 0.3) is 5.52 Å². The molecule has 0 unspecified atom stereocenters. The first-order valence-electron chi connectivity index (χ1n) is 8.72. The molecule has 3 aromatic rings. The molecule has 130 valence electrons. The zero-order valence-electron chi connectivity index (χ0n) is 14.5. The van der Waals surface area contributed by atoms with Crippen LogP contribution >= 0.6 is 0 Å². The first-order chi connectivity index (χ1) is 12.2. The van der Waals surface area contributed by atoms with E-state index in [1.54, 1.807) is 15.6 Å². The maximum atomic E-state index is 13.0. The van der Waals surface area contributed by atoms with E-state index in [-0.39, 0.29) is 5.91 Å². The summed E-state index contributed by atoms with van der Waals surface area (Å²) in [7, 11) is 0. The van der Waals surface area contributed by atoms with Gasteiger partial charge in [-0.2, -0.15) is 10.1 Å². The Morgan fingerprint density at radius 1 is 1.44 bits per heavy atom. The average molecular weight is 339 g/mol. The number of aromatic nitrogens is 4. The fourth-order valence-corrected chi connectivity index (χ4v) is 3.19. The summed E-state index contributed by atoms with van der Waals surface area (Å²) in [6, 6.07) is 3.90. The number of aryl methyl sites for hydroxylation is 1. The van der Waals surface area contributed by atoms with Crippen LogP contribution in [0, 0.1) is 6.92 Å². The lowest BCUT2D eigenvalue weighted by atomic mass is 9.85. The molecule has 0 aromatic carbocycles. The zero-order chi connectivity index (χ0) is 17.4. The van der Waals surface area contributed by atoms with Gasteiger partial charge in [0.1, 0.15) is 0 Å². The molecule has 0 saturated heterocycles. The molecule has 4 rings (SSSR count). The highest BCUT2D eigenvalue weighted by atomic mass is 16.5. The zero-order valence-corrected chi connectivity index (χ0v) is 14.5. The number of carbonyl (C=O) groups is 1. The van der Waals surface area contributed by atoms with Crippen LogP contribution in [0.5, 0.6) is 0 Å². The Hall–Kier alpha value is -2.70. The summed E-state index contributed by atoms with van der Waals surface area (Å²) in [6.45, 7) is 4.83. The molecule has 3 heterocycles. The normalized spacial score (nSPS) is 14.6. The van der Waals surface area contributed by atoms with Crippen molar-refractivity contribution >= 4 is 11.4 Å². The second-order valence-corrected chi connectivity index (χ2v) is 6.54. The lowest BCUT2D eigenvalue weighted by Crippen LogP contribution is -2.30. The maximum Gasteiger partial charge on any atom is 0.258 e. The van der Waals surface area contributed by atoms with Crippen molar-refractivity contribution in [2.75, 3.05) is 6.54 Å². The van der Waals surface area contributed by atoms with E-state index in [9.17, 15) is 4.79 Å². The molecule has 0 atom stereocenters. The van der Waals surface area contributed by atoms with E-state index in [2.05, 4.69) is 15.2 Å². The second kappa shape index (κ2) is 6.31. The van der Waals surface area contributed by atoms with Gasteiger partial charge in [-0.1, -0.05) is 17.6 Å². The molecule has 1 fully saturated rings. The van der Waals surface area contributed by atoms with Crippen molar-refractivity contribution < 1.29 is 9.32 Å². The van der Waals surface area contributed by atoms with Crippen LogP contribution in [0.15, 0.2) is 29.0 Å². The Kier molecular flexibility index (Phi) is 3.99. The Labute approximate surface area is 145 Å². The number of fused-ring (bicyclic) bond motifs is 1. The van der Waals surface area contributed by atoms with Gasteiger partial charge in [0, 0.05) is 18.7 Å². The highest BCUT2D eigenvalue weighted by Crippen LogP contribution is 2.35. The van der Waals surface area contributed by atoms with Gasteiger partial charge in [0.25, 0.3) is 5.91 Å². The van der Waals surface area contributed by atoms with E-state index in [4.69, 9.17) is 4.52 Å². The smallest absolute Gasteiger partial charge is 0.258 e. The summed E-state index contributed by atoms with van der Waals surface area (Å²) in [5, 5.41) is 8.34. The lowest BCUT2D eigenvalue weighted by Gasteiger charge is -2.20. The second-order valence-electron chi connectivity index (χ2n) is 6.54. The van der Waals surface area contributed by atoms with Gasteiger partial charge in [0.15, 0.2) is 5.82 Å². The molecule has 0 radical (unpaired) electrons. The molecule has 7 nitrogen and oxygen atoms in total. The minimum Gasteiger partial charge on any atom is -0.339 e. The molecular weight excluding hydrogens is 318 g/mol. The number of rotatable bonds is 5. The van der Waals surface area contributed by atoms with Gasteiger partial charge in [-0.05, 0) is 38.3 Å². The summed E-state index contributed by atoms with van der Waals surface area (Å²) in [5.41, 5.74) is 2.46. The van der Waals surface area contributed by atoms with Crippen LogP contribution in [-0.2, 0) is 6.54 Å². The van der Waals surface area contributed by atoms with Gasteiger partial charge in [0.2, 0.25) is 5.89 Å². The molecule has 7 heteroatoms. The van der Waals surface area contributed by atoms with Crippen molar-refractivity contribution in [1.82, 2.24) is 24.7 Å². The molecule has 0 aliphatic heterocycles. The molecular formula is C18H21N5O2. The predicted molar refractivity (Wildman–Crippen MR) is 91.2 cm³/mol. The van der Waals surface area contributed by atoms with Gasteiger partial charge in [-0.3, -0.25) is 4.79 Å². The van der Waals surface area contributed by atoms with E-state index in [1.165, 1.54) is 6.42 Å². The quantitative estimate of drug-likeness (QED) is 0.714. The minimum absolute atomic E-state index is 0.0678. The summed E-state index contributed by atoms with van der Waals surface area (Å²) in [5.74, 6) is 1.60. The van der Waals surface area contributed by atoms with Crippen molar-refractivity contribution in [2.24, 2.45) is 0 Å². The summed E-state index contributed by atoms with van der Waals surface area (Å²) >= 11 is 0. The van der Waals surface area contributed by atoms with Gasteiger partial charge in [-0.25, -0.2) is 4.52 Å². The number of carbonyl (C=O) groups excluding carboxylic acids is 1. The third-order valence-corrected chi connectivity index (χ3v) is 4.91. The van der Waals surface area contributed by atoms with Crippen molar-refractivity contribution in [3.63, 3.8) is 0 Å². The first kappa shape index (κ1) is 15.8. The molecule has 1 aliphatic rings. The highest BCUT2D eigenvalue weighted by Gasteiger charge is 2.26. The van der Waals surface area contributed by atoms with E-state index in [0.29, 0.717) is 36.3 Å². The Bertz CT molecular complexity index is 909. The Balaban J connectivity index is 1.57. The molecule has 1 amide bonds. The maximum absolute atomic E-state index is 13.0. The molecule has 25 heavy (non-hydrogen) atoms. The molecule has 0 bridgehead atoms. The van der Waals surface area contributed by atoms with Crippen molar-refractivity contribution in [3.8, 4) is 0 Å². The average Bonchev–Trinajstić information content (AvgIpc) is 3.18. The van der Waals surface area contributed by atoms with E-state index in [0.717, 1.165) is 23.9 Å². The largest absolute Gasteiger partial charge is 0.339 e. The van der Waals surface area contributed by atoms with Crippen molar-refractivity contribution in [1.29, 1.82) is 0 Å². The van der Waals surface area contributed by atoms with Crippen LogP contribution < -0.4 is 0 Å². The lowest BCUT2D eigenvalue weighted by molar-refractivity contribution is 0.0749. The Morgan fingerprint density at radius 3 is 3.00 bits per heavy atom. The van der Waals surface area contributed by atoms with E-state index in [1.807, 2.05) is 32.2 Å². The van der Waals surface area contributed by atoms with Gasteiger partial charge >= 0.3 is 0 Å². The monoisotopic (exact) mass is 339 g/mol. The van der Waals surface area contributed by atoms with Crippen LogP contribution in [0.1, 0.15) is 59.7 Å². The fraction of sp³-hybridized carbons (Fsp3) is 0.444. The van der Waals surface area contributed by atoms with Gasteiger partial charge < -0.3 is 9.42 Å². The van der Waals surface area contributed by atoms with Crippen molar-refractivity contribution in [3.05, 3.63) is 47.4 Å². The van der Waals surface area contributed by atoms with Crippen LogP contribution in [0.3, 0.4) is 0 Å². The van der Waals surface area contributed by atoms with E-state index >= 15 is 0 Å². The molecule has 1 aliphatic carbocycles. The highest BCUT2D eigenvalue weighted by molar-refractivity contribution is 6.01. The summed E-state index contributed by atoms with van der Waals surface area (Å²) in [6.07, 6.45) is 6.91. The number of hydrogen-bond donors (Lipinski definition) is 0. The topological polar surface area (TPSA) is 76.5 Å². The molecule has 3 aromatic heterocycles. The van der Waals surface area contributed by atoms with Crippen LogP contribution in [0.4, 0.5) is 0 Å².